The van der Waals surface area contributed by atoms with Gasteiger partial charge in [0, 0.05) is 11.3 Å². The van der Waals surface area contributed by atoms with E-state index in [2.05, 4.69) is 36.0 Å². The molecule has 114 valence electrons. The zero-order valence-electron chi connectivity index (χ0n) is 13.0. The molecule has 5 nitrogen and oxygen atoms in total. The van der Waals surface area contributed by atoms with E-state index in [0.717, 1.165) is 12.0 Å². The summed E-state index contributed by atoms with van der Waals surface area (Å²) in [5.74, 6) is 0.347. The second-order valence-corrected chi connectivity index (χ2v) is 5.40. The number of rotatable bonds is 8. The fourth-order valence-electron chi connectivity index (χ4n) is 2.19. The first-order valence-electron chi connectivity index (χ1n) is 7.35. The van der Waals surface area contributed by atoms with Gasteiger partial charge in [-0.25, -0.2) is 0 Å². The molecular formula is C16H23N3O2. The molecule has 0 aliphatic heterocycles. The van der Waals surface area contributed by atoms with E-state index in [0.29, 0.717) is 18.9 Å². The summed E-state index contributed by atoms with van der Waals surface area (Å²) in [5.41, 5.74) is 10.9. The standard InChI is InChI=1S/C16H23N3O2/c1-4-21-16(20)10-9-15(18-19-17)14-7-5-13(6-8-14)11-12(2)3/h5-8,12,15H,4,9-11H2,1-3H3. The predicted molar refractivity (Wildman–Crippen MR) is 82.7 cm³/mol. The van der Waals surface area contributed by atoms with Gasteiger partial charge in [0.2, 0.25) is 0 Å². The molecule has 1 atom stereocenters. The number of hydrogen-bond acceptors (Lipinski definition) is 3. The molecule has 1 unspecified atom stereocenters. The van der Waals surface area contributed by atoms with Crippen LogP contribution < -0.4 is 0 Å². The lowest BCUT2D eigenvalue weighted by atomic mass is 9.98. The van der Waals surface area contributed by atoms with Crippen molar-refractivity contribution in [3.8, 4) is 0 Å². The van der Waals surface area contributed by atoms with E-state index in [1.807, 2.05) is 12.1 Å². The Labute approximate surface area is 125 Å². The molecule has 1 aromatic carbocycles. The van der Waals surface area contributed by atoms with Gasteiger partial charge in [0.25, 0.3) is 0 Å². The molecule has 0 saturated heterocycles. The van der Waals surface area contributed by atoms with E-state index in [4.69, 9.17) is 10.3 Å². The first-order chi connectivity index (χ1) is 10.1. The number of nitrogens with zero attached hydrogens (tertiary/aromatic N) is 3. The van der Waals surface area contributed by atoms with Gasteiger partial charge in [-0.1, -0.05) is 43.2 Å². The molecule has 0 aromatic heterocycles. The maximum atomic E-state index is 11.4. The quantitative estimate of drug-likeness (QED) is 0.304. The number of ether oxygens (including phenoxy) is 1. The lowest BCUT2D eigenvalue weighted by molar-refractivity contribution is -0.143. The van der Waals surface area contributed by atoms with Gasteiger partial charge in [-0.05, 0) is 42.3 Å². The third kappa shape index (κ3) is 6.32. The highest BCUT2D eigenvalue weighted by molar-refractivity contribution is 5.69. The average Bonchev–Trinajstić information content (AvgIpc) is 2.44. The molecule has 0 radical (unpaired) electrons. The maximum Gasteiger partial charge on any atom is 0.305 e. The Bertz CT molecular complexity index is 491. The van der Waals surface area contributed by atoms with Gasteiger partial charge in [0.1, 0.15) is 0 Å². The number of hydrogen-bond donors (Lipinski definition) is 0. The van der Waals surface area contributed by atoms with E-state index in [1.54, 1.807) is 6.92 Å². The van der Waals surface area contributed by atoms with Crippen molar-refractivity contribution >= 4 is 5.97 Å². The van der Waals surface area contributed by atoms with Crippen molar-refractivity contribution in [3.05, 3.63) is 45.8 Å². The Kier molecular flexibility index (Phi) is 7.33. The largest absolute Gasteiger partial charge is 0.466 e. The third-order valence-electron chi connectivity index (χ3n) is 3.13. The molecule has 0 heterocycles. The lowest BCUT2D eigenvalue weighted by Gasteiger charge is -2.12. The van der Waals surface area contributed by atoms with Crippen LogP contribution >= 0.6 is 0 Å². The van der Waals surface area contributed by atoms with Crippen molar-refractivity contribution in [3.63, 3.8) is 0 Å². The minimum atomic E-state index is -0.326. The van der Waals surface area contributed by atoms with Gasteiger partial charge < -0.3 is 4.74 Å². The van der Waals surface area contributed by atoms with Gasteiger partial charge in [-0.2, -0.15) is 0 Å². The second kappa shape index (κ2) is 9.03. The van der Waals surface area contributed by atoms with Gasteiger partial charge >= 0.3 is 5.97 Å². The van der Waals surface area contributed by atoms with Crippen LogP contribution in [0.1, 0.15) is 50.8 Å². The molecule has 0 fully saturated rings. The van der Waals surface area contributed by atoms with E-state index >= 15 is 0 Å². The molecule has 1 rings (SSSR count). The minimum absolute atomic E-state index is 0.255. The summed E-state index contributed by atoms with van der Waals surface area (Å²) in [6.07, 6.45) is 1.74. The smallest absolute Gasteiger partial charge is 0.305 e. The zero-order valence-corrected chi connectivity index (χ0v) is 13.0. The van der Waals surface area contributed by atoms with Crippen molar-refractivity contribution in [1.82, 2.24) is 0 Å². The summed E-state index contributed by atoms with van der Waals surface area (Å²) >= 11 is 0. The Balaban J connectivity index is 2.71. The molecule has 1 aromatic rings. The Morgan fingerprint density at radius 1 is 1.33 bits per heavy atom. The van der Waals surface area contributed by atoms with Crippen LogP contribution in [-0.2, 0) is 16.0 Å². The van der Waals surface area contributed by atoms with Gasteiger partial charge in [0.05, 0.1) is 12.6 Å². The highest BCUT2D eigenvalue weighted by atomic mass is 16.5. The lowest BCUT2D eigenvalue weighted by Crippen LogP contribution is -2.06. The summed E-state index contributed by atoms with van der Waals surface area (Å²) in [6.45, 7) is 6.50. The van der Waals surface area contributed by atoms with Crippen LogP contribution in [0, 0.1) is 5.92 Å². The monoisotopic (exact) mass is 289 g/mol. The van der Waals surface area contributed by atoms with Crippen LogP contribution in [0.5, 0.6) is 0 Å². The number of esters is 1. The number of carbonyl (C=O) groups is 1. The van der Waals surface area contributed by atoms with Crippen LogP contribution in [0.25, 0.3) is 10.4 Å². The first-order valence-corrected chi connectivity index (χ1v) is 7.35. The summed E-state index contributed by atoms with van der Waals surface area (Å²) in [6, 6.07) is 7.73. The van der Waals surface area contributed by atoms with Crippen LogP contribution in [0.15, 0.2) is 29.4 Å². The van der Waals surface area contributed by atoms with Crippen molar-refractivity contribution in [2.24, 2.45) is 11.0 Å². The summed E-state index contributed by atoms with van der Waals surface area (Å²) in [5, 5.41) is 3.79. The molecule has 21 heavy (non-hydrogen) atoms. The van der Waals surface area contributed by atoms with E-state index in [1.165, 1.54) is 5.56 Å². The van der Waals surface area contributed by atoms with Gasteiger partial charge in [0.15, 0.2) is 0 Å². The molecule has 5 heteroatoms. The normalized spacial score (nSPS) is 11.8. The summed E-state index contributed by atoms with van der Waals surface area (Å²) in [4.78, 5) is 14.3. The van der Waals surface area contributed by atoms with Gasteiger partial charge in [-0.3, -0.25) is 4.79 Å². The molecule has 0 aliphatic rings. The van der Waals surface area contributed by atoms with Crippen LogP contribution in [0.3, 0.4) is 0 Å². The first kappa shape index (κ1) is 17.1. The fourth-order valence-corrected chi connectivity index (χ4v) is 2.19. The van der Waals surface area contributed by atoms with Crippen molar-refractivity contribution < 1.29 is 9.53 Å². The Morgan fingerprint density at radius 3 is 2.52 bits per heavy atom. The topological polar surface area (TPSA) is 75.1 Å². The van der Waals surface area contributed by atoms with E-state index < -0.39 is 0 Å². The van der Waals surface area contributed by atoms with Crippen molar-refractivity contribution in [2.75, 3.05) is 6.61 Å². The summed E-state index contributed by atoms with van der Waals surface area (Å²) in [7, 11) is 0. The van der Waals surface area contributed by atoms with Crippen LogP contribution in [0.2, 0.25) is 0 Å². The fraction of sp³-hybridized carbons (Fsp3) is 0.562. The third-order valence-corrected chi connectivity index (χ3v) is 3.13. The van der Waals surface area contributed by atoms with Crippen molar-refractivity contribution in [1.29, 1.82) is 0 Å². The highest BCUT2D eigenvalue weighted by Crippen LogP contribution is 2.24. The SMILES string of the molecule is CCOC(=O)CCC(N=[N+]=[N-])c1ccc(CC(C)C)cc1. The molecule has 0 aliphatic carbocycles. The van der Waals surface area contributed by atoms with Crippen LogP contribution in [-0.4, -0.2) is 12.6 Å². The highest BCUT2D eigenvalue weighted by Gasteiger charge is 2.13. The average molecular weight is 289 g/mol. The molecule has 0 spiro atoms. The van der Waals surface area contributed by atoms with Crippen LogP contribution in [0.4, 0.5) is 0 Å². The Hall–Kier alpha value is -2.00. The minimum Gasteiger partial charge on any atom is -0.466 e. The van der Waals surface area contributed by atoms with E-state index in [-0.39, 0.29) is 18.4 Å². The van der Waals surface area contributed by atoms with Crippen molar-refractivity contribution in [2.45, 2.75) is 46.1 Å². The Morgan fingerprint density at radius 2 is 2.00 bits per heavy atom. The maximum absolute atomic E-state index is 11.4. The zero-order chi connectivity index (χ0) is 15.7. The molecular weight excluding hydrogens is 266 g/mol. The number of benzene rings is 1. The number of carbonyl (C=O) groups excluding carboxylic acids is 1. The summed E-state index contributed by atoms with van der Waals surface area (Å²) < 4.78 is 4.90. The predicted octanol–water partition coefficient (Wildman–Crippen LogP) is 4.58. The van der Waals surface area contributed by atoms with Gasteiger partial charge in [-0.15, -0.1) is 0 Å². The molecule has 0 bridgehead atoms. The molecule has 0 amide bonds. The molecule has 0 N–H and O–H groups in total. The second-order valence-electron chi connectivity index (χ2n) is 5.40. The molecule has 0 saturated carbocycles. The number of azide groups is 1. The van der Waals surface area contributed by atoms with E-state index in [9.17, 15) is 4.79 Å².